The number of carbonyl (C=O) groups is 2. The van der Waals surface area contributed by atoms with E-state index < -0.39 is 17.9 Å². The highest BCUT2D eigenvalue weighted by Crippen LogP contribution is 2.07. The smallest absolute Gasteiger partial charge is 0.326 e. The molecular formula is C14H19NO4. The predicted octanol–water partition coefficient (Wildman–Crippen LogP) is 1.14. The highest BCUT2D eigenvalue weighted by atomic mass is 16.5. The Morgan fingerprint density at radius 1 is 1.42 bits per heavy atom. The lowest BCUT2D eigenvalue weighted by molar-refractivity contribution is -0.142. The Morgan fingerprint density at radius 3 is 2.74 bits per heavy atom. The van der Waals surface area contributed by atoms with Crippen molar-refractivity contribution in [2.45, 2.75) is 26.3 Å². The van der Waals surface area contributed by atoms with E-state index >= 15 is 0 Å². The zero-order valence-electron chi connectivity index (χ0n) is 11.2. The van der Waals surface area contributed by atoms with Gasteiger partial charge in [-0.2, -0.15) is 0 Å². The summed E-state index contributed by atoms with van der Waals surface area (Å²) in [5.74, 6) is -1.46. The lowest BCUT2D eigenvalue weighted by Crippen LogP contribution is -2.43. The number of carboxylic acids is 1. The summed E-state index contributed by atoms with van der Waals surface area (Å²) in [6.07, 6.45) is 0.259. The van der Waals surface area contributed by atoms with Gasteiger partial charge in [0.25, 0.3) is 0 Å². The number of nitrogens with one attached hydrogen (secondary N) is 1. The number of hydrogen-bond acceptors (Lipinski definition) is 3. The predicted molar refractivity (Wildman–Crippen MR) is 70.9 cm³/mol. The first kappa shape index (κ1) is 15.2. The normalized spacial score (nSPS) is 11.9. The van der Waals surface area contributed by atoms with Crippen LogP contribution < -0.4 is 5.32 Å². The minimum Gasteiger partial charge on any atom is -0.480 e. The van der Waals surface area contributed by atoms with E-state index in [0.717, 1.165) is 11.1 Å². The van der Waals surface area contributed by atoms with Crippen molar-refractivity contribution in [2.24, 2.45) is 0 Å². The number of aliphatic carboxylic acids is 1. The van der Waals surface area contributed by atoms with Gasteiger partial charge in [-0.05, 0) is 19.4 Å². The Bertz CT molecular complexity index is 445. The van der Waals surface area contributed by atoms with Gasteiger partial charge in [-0.25, -0.2) is 4.79 Å². The summed E-state index contributed by atoms with van der Waals surface area (Å²) in [6.45, 7) is 4.01. The number of rotatable bonds is 7. The lowest BCUT2D eigenvalue weighted by Gasteiger charge is -2.14. The van der Waals surface area contributed by atoms with Crippen molar-refractivity contribution in [3.8, 4) is 0 Å². The average molecular weight is 265 g/mol. The molecule has 0 radical (unpaired) electrons. The molecule has 19 heavy (non-hydrogen) atoms. The van der Waals surface area contributed by atoms with E-state index in [0.29, 0.717) is 6.61 Å². The minimum atomic E-state index is -1.05. The molecule has 104 valence electrons. The van der Waals surface area contributed by atoms with Crippen LogP contribution in [0.3, 0.4) is 0 Å². The number of hydrogen-bond donors (Lipinski definition) is 2. The molecule has 1 amide bonds. The van der Waals surface area contributed by atoms with Crippen LogP contribution in [0.25, 0.3) is 0 Å². The number of amides is 1. The van der Waals surface area contributed by atoms with Crippen LogP contribution >= 0.6 is 0 Å². The van der Waals surface area contributed by atoms with Crippen LogP contribution in [0.5, 0.6) is 0 Å². The van der Waals surface area contributed by atoms with Gasteiger partial charge in [-0.3, -0.25) is 4.79 Å². The van der Waals surface area contributed by atoms with Crippen molar-refractivity contribution in [3.05, 3.63) is 35.4 Å². The molecular weight excluding hydrogens is 246 g/mol. The standard InChI is InChI=1S/C14H19NO4/c1-3-19-9-13(16)15-12(14(17)18)8-11-6-4-5-10(2)7-11/h4-7,12H,3,8-9H2,1-2H3,(H,15,16)(H,17,18)/t12-/m1/s1. The Labute approximate surface area is 112 Å². The van der Waals surface area contributed by atoms with Crippen molar-refractivity contribution >= 4 is 11.9 Å². The summed E-state index contributed by atoms with van der Waals surface area (Å²) in [5.41, 5.74) is 1.94. The average Bonchev–Trinajstić information content (AvgIpc) is 2.35. The Kier molecular flexibility index (Phi) is 6.02. The molecule has 2 N–H and O–H groups in total. The van der Waals surface area contributed by atoms with Gasteiger partial charge in [0.2, 0.25) is 5.91 Å². The monoisotopic (exact) mass is 265 g/mol. The zero-order chi connectivity index (χ0) is 14.3. The molecule has 0 spiro atoms. The van der Waals surface area contributed by atoms with E-state index in [2.05, 4.69) is 5.32 Å². The maximum absolute atomic E-state index is 11.5. The molecule has 5 nitrogen and oxygen atoms in total. The van der Waals surface area contributed by atoms with Gasteiger partial charge in [-0.15, -0.1) is 0 Å². The molecule has 5 heteroatoms. The van der Waals surface area contributed by atoms with E-state index in [1.807, 2.05) is 31.2 Å². The summed E-state index contributed by atoms with van der Waals surface area (Å²) in [6, 6.07) is 6.62. The highest BCUT2D eigenvalue weighted by Gasteiger charge is 2.20. The van der Waals surface area contributed by atoms with Gasteiger partial charge in [0.1, 0.15) is 12.6 Å². The molecule has 0 saturated heterocycles. The first-order chi connectivity index (χ1) is 9.02. The molecule has 0 heterocycles. The Hall–Kier alpha value is -1.88. The van der Waals surface area contributed by atoms with Crippen LogP contribution in [-0.4, -0.2) is 36.2 Å². The summed E-state index contributed by atoms with van der Waals surface area (Å²) in [5, 5.41) is 11.6. The number of carboxylic acid groups (broad SMARTS) is 1. The van der Waals surface area contributed by atoms with Gasteiger partial charge in [-0.1, -0.05) is 29.8 Å². The third kappa shape index (κ3) is 5.52. The fourth-order valence-corrected chi connectivity index (χ4v) is 1.71. The van der Waals surface area contributed by atoms with E-state index in [9.17, 15) is 9.59 Å². The van der Waals surface area contributed by atoms with Crippen LogP contribution in [0.4, 0.5) is 0 Å². The van der Waals surface area contributed by atoms with Crippen molar-refractivity contribution in [1.82, 2.24) is 5.32 Å². The summed E-state index contributed by atoms with van der Waals surface area (Å²) in [4.78, 5) is 22.6. The zero-order valence-corrected chi connectivity index (χ0v) is 11.2. The summed E-state index contributed by atoms with van der Waals surface area (Å²) in [7, 11) is 0. The maximum Gasteiger partial charge on any atom is 0.326 e. The second-order valence-electron chi connectivity index (χ2n) is 4.29. The third-order valence-electron chi connectivity index (χ3n) is 2.59. The first-order valence-electron chi connectivity index (χ1n) is 6.18. The third-order valence-corrected chi connectivity index (χ3v) is 2.59. The van der Waals surface area contributed by atoms with Crippen LogP contribution in [0, 0.1) is 6.92 Å². The minimum absolute atomic E-state index is 0.117. The Balaban J connectivity index is 2.63. The molecule has 0 aliphatic rings. The van der Waals surface area contributed by atoms with Crippen molar-refractivity contribution in [1.29, 1.82) is 0 Å². The van der Waals surface area contributed by atoms with Gasteiger partial charge < -0.3 is 15.2 Å². The van der Waals surface area contributed by atoms with Crippen molar-refractivity contribution < 1.29 is 19.4 Å². The van der Waals surface area contributed by atoms with Gasteiger partial charge in [0.05, 0.1) is 0 Å². The number of aryl methyl sites for hydroxylation is 1. The molecule has 1 aromatic rings. The fraction of sp³-hybridized carbons (Fsp3) is 0.429. The summed E-state index contributed by atoms with van der Waals surface area (Å²) >= 11 is 0. The van der Waals surface area contributed by atoms with Crippen LogP contribution in [0.15, 0.2) is 24.3 Å². The van der Waals surface area contributed by atoms with E-state index in [1.54, 1.807) is 6.92 Å². The molecule has 0 aromatic heterocycles. The summed E-state index contributed by atoms with van der Waals surface area (Å²) < 4.78 is 4.94. The van der Waals surface area contributed by atoms with E-state index in [1.165, 1.54) is 0 Å². The maximum atomic E-state index is 11.5. The number of carbonyl (C=O) groups excluding carboxylic acids is 1. The molecule has 0 unspecified atom stereocenters. The molecule has 1 aromatic carbocycles. The number of ether oxygens (including phenoxy) is 1. The molecule has 0 aliphatic carbocycles. The molecule has 0 fully saturated rings. The van der Waals surface area contributed by atoms with Crippen LogP contribution in [-0.2, 0) is 20.7 Å². The molecule has 0 bridgehead atoms. The first-order valence-corrected chi connectivity index (χ1v) is 6.18. The SMILES string of the molecule is CCOCC(=O)N[C@H](Cc1cccc(C)c1)C(=O)O. The molecule has 0 saturated carbocycles. The number of benzene rings is 1. The van der Waals surface area contributed by atoms with Crippen molar-refractivity contribution in [2.75, 3.05) is 13.2 Å². The second kappa shape index (κ2) is 7.53. The van der Waals surface area contributed by atoms with Crippen LogP contribution in [0.1, 0.15) is 18.1 Å². The second-order valence-corrected chi connectivity index (χ2v) is 4.29. The van der Waals surface area contributed by atoms with Crippen molar-refractivity contribution in [3.63, 3.8) is 0 Å². The van der Waals surface area contributed by atoms with Gasteiger partial charge >= 0.3 is 5.97 Å². The largest absolute Gasteiger partial charge is 0.480 e. The van der Waals surface area contributed by atoms with E-state index in [4.69, 9.17) is 9.84 Å². The highest BCUT2D eigenvalue weighted by molar-refractivity contribution is 5.84. The fourth-order valence-electron chi connectivity index (χ4n) is 1.71. The quantitative estimate of drug-likeness (QED) is 0.775. The Morgan fingerprint density at radius 2 is 2.16 bits per heavy atom. The molecule has 0 aliphatic heterocycles. The van der Waals surface area contributed by atoms with Gasteiger partial charge in [0.15, 0.2) is 0 Å². The van der Waals surface area contributed by atoms with Gasteiger partial charge in [0, 0.05) is 13.0 Å². The van der Waals surface area contributed by atoms with E-state index in [-0.39, 0.29) is 13.0 Å². The lowest BCUT2D eigenvalue weighted by atomic mass is 10.0. The van der Waals surface area contributed by atoms with Crippen LogP contribution in [0.2, 0.25) is 0 Å². The topological polar surface area (TPSA) is 75.6 Å². The molecule has 1 atom stereocenters. The molecule has 1 rings (SSSR count).